The van der Waals surface area contributed by atoms with Gasteiger partial charge in [0.05, 0.1) is 17.4 Å². The molecule has 23 heavy (non-hydrogen) atoms. The topological polar surface area (TPSA) is 17.8 Å². The lowest BCUT2D eigenvalue weighted by Gasteiger charge is -2.21. The molecule has 0 bridgehead atoms. The number of para-hydroxylation sites is 2. The van der Waals surface area contributed by atoms with Crippen LogP contribution in [0.5, 0.6) is 0 Å². The molecule has 0 unspecified atom stereocenters. The van der Waals surface area contributed by atoms with E-state index >= 15 is 0 Å². The van der Waals surface area contributed by atoms with Crippen LogP contribution in [0, 0.1) is 0 Å². The van der Waals surface area contributed by atoms with Gasteiger partial charge in [0, 0.05) is 5.54 Å². The van der Waals surface area contributed by atoms with E-state index in [1.165, 1.54) is 11.1 Å². The molecule has 3 rings (SSSR count). The molecule has 3 aromatic rings. The van der Waals surface area contributed by atoms with Gasteiger partial charge in [-0.1, -0.05) is 63.2 Å². The molecule has 0 saturated heterocycles. The summed E-state index contributed by atoms with van der Waals surface area (Å²) >= 11 is 0. The molecule has 0 amide bonds. The third-order valence-electron chi connectivity index (χ3n) is 3.82. The number of rotatable bonds is 0. The van der Waals surface area contributed by atoms with Crippen molar-refractivity contribution >= 4 is 11.0 Å². The number of hydrogen-bond donors (Lipinski definition) is 0. The van der Waals surface area contributed by atoms with Crippen molar-refractivity contribution in [2.45, 2.75) is 52.5 Å². The molecule has 0 aliphatic rings. The molecule has 122 valence electrons. The highest BCUT2D eigenvalue weighted by Gasteiger charge is 2.15. The number of fused-ring (bicyclic) bond motifs is 1. The summed E-state index contributed by atoms with van der Waals surface area (Å²) in [5.41, 5.74) is 4.07. The molecule has 0 radical (unpaired) electrons. The van der Waals surface area contributed by atoms with Crippen LogP contribution in [0.15, 0.2) is 60.9 Å². The van der Waals surface area contributed by atoms with Gasteiger partial charge in [0.1, 0.15) is 0 Å². The highest BCUT2D eigenvalue weighted by atomic mass is 15.1. The molecule has 1 heterocycles. The highest BCUT2D eigenvalue weighted by molar-refractivity contribution is 5.75. The molecule has 0 aliphatic carbocycles. The largest absolute Gasteiger partial charge is 0.325 e. The van der Waals surface area contributed by atoms with Gasteiger partial charge < -0.3 is 4.57 Å². The molecule has 2 aromatic carbocycles. The van der Waals surface area contributed by atoms with Crippen LogP contribution in [0.1, 0.15) is 47.1 Å². The lowest BCUT2D eigenvalue weighted by Crippen LogP contribution is -2.20. The molecule has 1 aromatic heterocycles. The lowest BCUT2D eigenvalue weighted by atomic mass is 9.87. The Morgan fingerprint density at radius 1 is 0.739 bits per heavy atom. The molecule has 0 atom stereocenters. The molecule has 0 spiro atoms. The molecule has 0 saturated carbocycles. The number of aromatic nitrogens is 2. The van der Waals surface area contributed by atoms with Gasteiger partial charge in [-0.25, -0.2) is 4.98 Å². The zero-order valence-electron chi connectivity index (χ0n) is 15.2. The average Bonchev–Trinajstić information content (AvgIpc) is 2.92. The summed E-state index contributed by atoms with van der Waals surface area (Å²) in [6.45, 7) is 13.2. The van der Waals surface area contributed by atoms with E-state index in [9.17, 15) is 0 Å². The Hall–Kier alpha value is -2.09. The van der Waals surface area contributed by atoms with E-state index in [1.54, 1.807) is 0 Å². The molecule has 2 nitrogen and oxygen atoms in total. The molecule has 0 N–H and O–H groups in total. The van der Waals surface area contributed by atoms with Crippen LogP contribution in [-0.2, 0) is 11.0 Å². The fourth-order valence-corrected chi connectivity index (χ4v) is 2.43. The summed E-state index contributed by atoms with van der Waals surface area (Å²) in [5, 5.41) is 0. The maximum atomic E-state index is 4.35. The number of nitrogens with zero attached hydrogens (tertiary/aromatic N) is 2. The summed E-state index contributed by atoms with van der Waals surface area (Å²) in [6.07, 6.45) is 1.91. The Labute approximate surface area is 140 Å². The van der Waals surface area contributed by atoms with Gasteiger partial charge >= 0.3 is 0 Å². The smallest absolute Gasteiger partial charge is 0.0963 e. The minimum Gasteiger partial charge on any atom is -0.325 e. The summed E-state index contributed by atoms with van der Waals surface area (Å²) in [5.74, 6) is 0. The van der Waals surface area contributed by atoms with Crippen LogP contribution in [0.3, 0.4) is 0 Å². The summed E-state index contributed by atoms with van der Waals surface area (Å²) in [7, 11) is 0. The second kappa shape index (κ2) is 6.57. The first-order valence-corrected chi connectivity index (χ1v) is 8.18. The van der Waals surface area contributed by atoms with Crippen LogP contribution in [-0.4, -0.2) is 9.55 Å². The van der Waals surface area contributed by atoms with E-state index < -0.39 is 0 Å². The maximum absolute atomic E-state index is 4.35. The van der Waals surface area contributed by atoms with Crippen molar-refractivity contribution in [1.82, 2.24) is 9.55 Å². The van der Waals surface area contributed by atoms with E-state index in [-0.39, 0.29) is 5.54 Å². The van der Waals surface area contributed by atoms with E-state index in [1.807, 2.05) is 24.5 Å². The van der Waals surface area contributed by atoms with Crippen LogP contribution in [0.4, 0.5) is 0 Å². The molecular weight excluding hydrogens is 280 g/mol. The zero-order valence-corrected chi connectivity index (χ0v) is 15.2. The maximum Gasteiger partial charge on any atom is 0.0963 e. The predicted molar refractivity (Wildman–Crippen MR) is 99.9 cm³/mol. The van der Waals surface area contributed by atoms with Crippen molar-refractivity contribution < 1.29 is 0 Å². The van der Waals surface area contributed by atoms with Crippen molar-refractivity contribution in [3.63, 3.8) is 0 Å². The minimum absolute atomic E-state index is 0.107. The quantitative estimate of drug-likeness (QED) is 0.515. The van der Waals surface area contributed by atoms with Gasteiger partial charge in [0.15, 0.2) is 0 Å². The Morgan fingerprint density at radius 3 is 1.83 bits per heavy atom. The third-order valence-corrected chi connectivity index (χ3v) is 3.82. The Kier molecular flexibility index (Phi) is 4.93. The number of benzene rings is 2. The normalized spacial score (nSPS) is 11.9. The third kappa shape index (κ3) is 4.44. The van der Waals surface area contributed by atoms with E-state index in [4.69, 9.17) is 0 Å². The predicted octanol–water partition coefficient (Wildman–Crippen LogP) is 5.78. The van der Waals surface area contributed by atoms with Crippen LogP contribution in [0.2, 0.25) is 0 Å². The molecule has 0 aliphatic heterocycles. The van der Waals surface area contributed by atoms with Crippen molar-refractivity contribution in [2.24, 2.45) is 0 Å². The second-order valence-electron chi connectivity index (χ2n) is 7.89. The van der Waals surface area contributed by atoms with Gasteiger partial charge in [-0.3, -0.25) is 0 Å². The Bertz CT molecular complexity index is 741. The van der Waals surface area contributed by atoms with Crippen molar-refractivity contribution in [1.29, 1.82) is 0 Å². The van der Waals surface area contributed by atoms with Gasteiger partial charge in [-0.15, -0.1) is 0 Å². The van der Waals surface area contributed by atoms with Crippen molar-refractivity contribution in [3.8, 4) is 0 Å². The fourth-order valence-electron chi connectivity index (χ4n) is 2.43. The van der Waals surface area contributed by atoms with Crippen molar-refractivity contribution in [2.75, 3.05) is 0 Å². The molecule has 0 fully saturated rings. The SMILES string of the molecule is CC(C)(C)c1ccccc1.CC(C)(C)n1cnc2ccccc21. The summed E-state index contributed by atoms with van der Waals surface area (Å²) in [6, 6.07) is 18.8. The van der Waals surface area contributed by atoms with Gasteiger partial charge in [0.2, 0.25) is 0 Å². The minimum atomic E-state index is 0.107. The van der Waals surface area contributed by atoms with Gasteiger partial charge in [-0.05, 0) is 43.9 Å². The molecular formula is C21H28N2. The standard InChI is InChI=1S/C11H14N2.C10H14/c1-11(2,3)13-8-12-9-6-4-5-7-10(9)13;1-10(2,3)9-7-5-4-6-8-9/h4-8H,1-3H3;4-8H,1-3H3. The second-order valence-corrected chi connectivity index (χ2v) is 7.89. The van der Waals surface area contributed by atoms with Crippen LogP contribution in [0.25, 0.3) is 11.0 Å². The Balaban J connectivity index is 0.000000174. The fraction of sp³-hybridized carbons (Fsp3) is 0.381. The first kappa shape index (κ1) is 17.3. The van der Waals surface area contributed by atoms with E-state index in [0.717, 1.165) is 5.52 Å². The molecule has 2 heteroatoms. The lowest BCUT2D eigenvalue weighted by molar-refractivity contribution is 0.408. The Morgan fingerprint density at radius 2 is 1.30 bits per heavy atom. The summed E-state index contributed by atoms with van der Waals surface area (Å²) < 4.78 is 2.20. The van der Waals surface area contributed by atoms with Gasteiger partial charge in [0.25, 0.3) is 0 Å². The van der Waals surface area contributed by atoms with Crippen molar-refractivity contribution in [3.05, 3.63) is 66.5 Å². The monoisotopic (exact) mass is 308 g/mol. The average molecular weight is 308 g/mol. The first-order chi connectivity index (χ1) is 10.7. The van der Waals surface area contributed by atoms with Crippen LogP contribution >= 0.6 is 0 Å². The first-order valence-electron chi connectivity index (χ1n) is 8.18. The van der Waals surface area contributed by atoms with E-state index in [2.05, 4.69) is 87.5 Å². The van der Waals surface area contributed by atoms with E-state index in [0.29, 0.717) is 5.41 Å². The highest BCUT2D eigenvalue weighted by Crippen LogP contribution is 2.21. The number of imidazole rings is 1. The zero-order chi connectivity index (χ0) is 17.1. The van der Waals surface area contributed by atoms with Crippen LogP contribution < -0.4 is 0 Å². The van der Waals surface area contributed by atoms with Gasteiger partial charge in [-0.2, -0.15) is 0 Å². The summed E-state index contributed by atoms with van der Waals surface area (Å²) in [4.78, 5) is 4.35. The number of hydrogen-bond acceptors (Lipinski definition) is 1.